The van der Waals surface area contributed by atoms with Crippen LogP contribution >= 0.6 is 0 Å². The minimum Gasteiger partial charge on any atom is -0.490 e. The fraction of sp³-hybridized carbons (Fsp3) is 0.353. The summed E-state index contributed by atoms with van der Waals surface area (Å²) in [5.41, 5.74) is 6.97. The van der Waals surface area contributed by atoms with Gasteiger partial charge in [0.05, 0.1) is 6.10 Å². The van der Waals surface area contributed by atoms with Crippen molar-refractivity contribution in [1.82, 2.24) is 4.98 Å². The Morgan fingerprint density at radius 1 is 1.20 bits per heavy atom. The normalized spacial score (nSPS) is 22.6. The minimum atomic E-state index is 0.270. The summed E-state index contributed by atoms with van der Waals surface area (Å²) in [6.45, 7) is 3.87. The standard InChI is InChI=1S/C17H20N2O/c1-2-12-10-19-11-13-4-3-5-16(17(12)13)20-15-8-6-14(18)7-9-15/h2-5,10-11,14-15H,1,6-9,18H2. The van der Waals surface area contributed by atoms with Gasteiger partial charge < -0.3 is 10.5 Å². The predicted molar refractivity (Wildman–Crippen MR) is 82.7 cm³/mol. The van der Waals surface area contributed by atoms with Crippen LogP contribution in [-0.2, 0) is 0 Å². The summed E-state index contributed by atoms with van der Waals surface area (Å²) in [4.78, 5) is 4.24. The number of fused-ring (bicyclic) bond motifs is 1. The van der Waals surface area contributed by atoms with Crippen molar-refractivity contribution in [3.05, 3.63) is 42.7 Å². The lowest BCUT2D eigenvalue weighted by atomic mass is 9.93. The van der Waals surface area contributed by atoms with E-state index in [4.69, 9.17) is 10.5 Å². The number of nitrogens with two attached hydrogens (primary N) is 1. The summed E-state index contributed by atoms with van der Waals surface area (Å²) in [7, 11) is 0. The molecule has 2 aromatic rings. The van der Waals surface area contributed by atoms with Gasteiger partial charge in [0, 0.05) is 34.8 Å². The van der Waals surface area contributed by atoms with Crippen LogP contribution in [0, 0.1) is 0 Å². The van der Waals surface area contributed by atoms with Crippen molar-refractivity contribution in [3.63, 3.8) is 0 Å². The van der Waals surface area contributed by atoms with E-state index >= 15 is 0 Å². The van der Waals surface area contributed by atoms with Crippen molar-refractivity contribution in [3.8, 4) is 5.75 Å². The smallest absolute Gasteiger partial charge is 0.128 e. The maximum atomic E-state index is 6.23. The number of aromatic nitrogens is 1. The first-order chi connectivity index (χ1) is 9.78. The first-order valence-corrected chi connectivity index (χ1v) is 7.19. The molecule has 0 bridgehead atoms. The number of ether oxygens (including phenoxy) is 1. The average Bonchev–Trinajstić information content (AvgIpc) is 2.49. The first-order valence-electron chi connectivity index (χ1n) is 7.19. The Balaban J connectivity index is 1.93. The summed E-state index contributed by atoms with van der Waals surface area (Å²) in [5, 5.41) is 2.19. The summed E-state index contributed by atoms with van der Waals surface area (Å²) in [5.74, 6) is 0.931. The van der Waals surface area contributed by atoms with Crippen molar-refractivity contribution >= 4 is 16.8 Å². The van der Waals surface area contributed by atoms with E-state index in [0.717, 1.165) is 47.8 Å². The van der Waals surface area contributed by atoms with Gasteiger partial charge in [0.15, 0.2) is 0 Å². The Bertz CT molecular complexity index is 610. The molecule has 1 aliphatic rings. The molecule has 2 N–H and O–H groups in total. The van der Waals surface area contributed by atoms with Crippen molar-refractivity contribution in [1.29, 1.82) is 0 Å². The van der Waals surface area contributed by atoms with Crippen molar-refractivity contribution in [2.75, 3.05) is 0 Å². The molecule has 0 aliphatic heterocycles. The van der Waals surface area contributed by atoms with Gasteiger partial charge in [-0.2, -0.15) is 0 Å². The first kappa shape index (κ1) is 13.1. The Kier molecular flexibility index (Phi) is 3.70. The second-order valence-electron chi connectivity index (χ2n) is 5.44. The zero-order chi connectivity index (χ0) is 13.9. The van der Waals surface area contributed by atoms with E-state index in [0.29, 0.717) is 6.04 Å². The van der Waals surface area contributed by atoms with E-state index < -0.39 is 0 Å². The summed E-state index contributed by atoms with van der Waals surface area (Å²) in [6.07, 6.45) is 9.96. The Morgan fingerprint density at radius 3 is 2.75 bits per heavy atom. The summed E-state index contributed by atoms with van der Waals surface area (Å²) in [6, 6.07) is 6.44. The molecule has 1 aromatic carbocycles. The van der Waals surface area contributed by atoms with Crippen LogP contribution in [-0.4, -0.2) is 17.1 Å². The van der Waals surface area contributed by atoms with Crippen LogP contribution in [0.3, 0.4) is 0 Å². The molecule has 0 spiro atoms. The highest BCUT2D eigenvalue weighted by molar-refractivity contribution is 5.94. The monoisotopic (exact) mass is 268 g/mol. The summed E-state index contributed by atoms with van der Waals surface area (Å²) >= 11 is 0. The molecule has 1 saturated carbocycles. The fourth-order valence-corrected chi connectivity index (χ4v) is 2.87. The van der Waals surface area contributed by atoms with E-state index in [9.17, 15) is 0 Å². The molecule has 1 fully saturated rings. The third kappa shape index (κ3) is 2.54. The van der Waals surface area contributed by atoms with Crippen molar-refractivity contribution in [2.24, 2.45) is 5.73 Å². The molecule has 1 aromatic heterocycles. The minimum absolute atomic E-state index is 0.270. The van der Waals surface area contributed by atoms with Gasteiger partial charge in [-0.25, -0.2) is 0 Å². The number of hydrogen-bond donors (Lipinski definition) is 1. The molecular weight excluding hydrogens is 248 g/mol. The lowest BCUT2D eigenvalue weighted by molar-refractivity contribution is 0.149. The number of pyridine rings is 1. The van der Waals surface area contributed by atoms with E-state index in [2.05, 4.69) is 17.6 Å². The molecule has 0 amide bonds. The topological polar surface area (TPSA) is 48.1 Å². The SMILES string of the molecule is C=Cc1cncc2cccc(OC3CCC(N)CC3)c12. The molecular formula is C17H20N2O. The largest absolute Gasteiger partial charge is 0.490 e. The second-order valence-corrected chi connectivity index (χ2v) is 5.44. The number of hydrogen-bond acceptors (Lipinski definition) is 3. The molecule has 1 aliphatic carbocycles. The molecule has 0 saturated heterocycles. The Hall–Kier alpha value is -1.87. The molecule has 0 unspecified atom stereocenters. The maximum absolute atomic E-state index is 6.23. The van der Waals surface area contributed by atoms with Crippen LogP contribution in [0.1, 0.15) is 31.2 Å². The molecule has 0 atom stereocenters. The van der Waals surface area contributed by atoms with E-state index in [-0.39, 0.29) is 6.10 Å². The van der Waals surface area contributed by atoms with Crippen LogP contribution in [0.25, 0.3) is 16.8 Å². The number of rotatable bonds is 3. The van der Waals surface area contributed by atoms with Crippen LogP contribution in [0.15, 0.2) is 37.2 Å². The lowest BCUT2D eigenvalue weighted by Crippen LogP contribution is -2.31. The third-order valence-corrected chi connectivity index (χ3v) is 4.01. The van der Waals surface area contributed by atoms with Crippen molar-refractivity contribution < 1.29 is 4.74 Å². The predicted octanol–water partition coefficient (Wildman–Crippen LogP) is 3.53. The van der Waals surface area contributed by atoms with Crippen LogP contribution < -0.4 is 10.5 Å². The third-order valence-electron chi connectivity index (χ3n) is 4.01. The maximum Gasteiger partial charge on any atom is 0.128 e. The summed E-state index contributed by atoms with van der Waals surface area (Å²) < 4.78 is 6.23. The molecule has 20 heavy (non-hydrogen) atoms. The molecule has 1 heterocycles. The van der Waals surface area contributed by atoms with Gasteiger partial charge in [-0.1, -0.05) is 24.8 Å². The van der Waals surface area contributed by atoms with Gasteiger partial charge in [-0.05, 0) is 31.7 Å². The molecule has 0 radical (unpaired) electrons. The highest BCUT2D eigenvalue weighted by Gasteiger charge is 2.20. The highest BCUT2D eigenvalue weighted by Crippen LogP contribution is 2.31. The quantitative estimate of drug-likeness (QED) is 0.926. The molecule has 3 rings (SSSR count). The van der Waals surface area contributed by atoms with Crippen molar-refractivity contribution in [2.45, 2.75) is 37.8 Å². The second kappa shape index (κ2) is 5.63. The van der Waals surface area contributed by atoms with Gasteiger partial charge in [0.2, 0.25) is 0 Å². The molecule has 3 heteroatoms. The average molecular weight is 268 g/mol. The zero-order valence-electron chi connectivity index (χ0n) is 11.6. The van der Waals surface area contributed by atoms with Crippen LogP contribution in [0.2, 0.25) is 0 Å². The fourth-order valence-electron chi connectivity index (χ4n) is 2.87. The van der Waals surface area contributed by atoms with Gasteiger partial charge in [-0.15, -0.1) is 0 Å². The number of nitrogens with zero attached hydrogens (tertiary/aromatic N) is 1. The Morgan fingerprint density at radius 2 is 2.00 bits per heavy atom. The van der Waals surface area contributed by atoms with E-state index in [1.54, 1.807) is 0 Å². The van der Waals surface area contributed by atoms with Gasteiger partial charge in [0.25, 0.3) is 0 Å². The van der Waals surface area contributed by atoms with Crippen LogP contribution in [0.4, 0.5) is 0 Å². The van der Waals surface area contributed by atoms with Gasteiger partial charge >= 0.3 is 0 Å². The van der Waals surface area contributed by atoms with E-state index in [1.165, 1.54) is 0 Å². The van der Waals surface area contributed by atoms with Crippen LogP contribution in [0.5, 0.6) is 5.75 Å². The zero-order valence-corrected chi connectivity index (χ0v) is 11.6. The van der Waals surface area contributed by atoms with Gasteiger partial charge in [-0.3, -0.25) is 4.98 Å². The number of benzene rings is 1. The molecule has 3 nitrogen and oxygen atoms in total. The van der Waals surface area contributed by atoms with E-state index in [1.807, 2.05) is 30.6 Å². The molecule has 104 valence electrons. The van der Waals surface area contributed by atoms with Gasteiger partial charge in [0.1, 0.15) is 5.75 Å². The highest BCUT2D eigenvalue weighted by atomic mass is 16.5. The lowest BCUT2D eigenvalue weighted by Gasteiger charge is -2.27. The Labute approximate surface area is 119 Å².